The number of hydrazone groups is 1. The van der Waals surface area contributed by atoms with Crippen LogP contribution in [0.3, 0.4) is 0 Å². The molecule has 0 saturated carbocycles. The van der Waals surface area contributed by atoms with Crippen LogP contribution in [-0.2, 0) is 10.2 Å². The molecule has 1 amide bonds. The Morgan fingerprint density at radius 2 is 2.16 bits per heavy atom. The van der Waals surface area contributed by atoms with Crippen molar-refractivity contribution in [1.29, 1.82) is 0 Å². The zero-order chi connectivity index (χ0) is 17.9. The summed E-state index contributed by atoms with van der Waals surface area (Å²) < 4.78 is 11.5. The van der Waals surface area contributed by atoms with Gasteiger partial charge >= 0.3 is 0 Å². The van der Waals surface area contributed by atoms with Crippen LogP contribution in [0.2, 0.25) is 0 Å². The Balaban J connectivity index is 1.65. The van der Waals surface area contributed by atoms with Gasteiger partial charge in [-0.2, -0.15) is 5.10 Å². The van der Waals surface area contributed by atoms with Gasteiger partial charge in [-0.05, 0) is 29.2 Å². The molecule has 6 nitrogen and oxygen atoms in total. The lowest BCUT2D eigenvalue weighted by Crippen LogP contribution is -2.42. The Bertz CT molecular complexity index is 782. The maximum Gasteiger partial charge on any atom is 0.284 e. The first-order valence-electron chi connectivity index (χ1n) is 8.10. The summed E-state index contributed by atoms with van der Waals surface area (Å²) in [5.74, 6) is 0.873. The molecule has 3 rings (SSSR count). The second-order valence-corrected chi connectivity index (χ2v) is 6.85. The van der Waals surface area contributed by atoms with Gasteiger partial charge in [0.2, 0.25) is 6.10 Å². The highest BCUT2D eigenvalue weighted by molar-refractivity contribution is 5.84. The molecule has 1 aliphatic heterocycles. The van der Waals surface area contributed by atoms with Crippen LogP contribution in [-0.4, -0.2) is 29.8 Å². The van der Waals surface area contributed by atoms with Crippen molar-refractivity contribution in [3.63, 3.8) is 0 Å². The van der Waals surface area contributed by atoms with Gasteiger partial charge < -0.3 is 9.47 Å². The fraction of sp³-hybridized carbons (Fsp3) is 0.316. The molecule has 25 heavy (non-hydrogen) atoms. The summed E-state index contributed by atoms with van der Waals surface area (Å²) in [5.41, 5.74) is 4.37. The van der Waals surface area contributed by atoms with Gasteiger partial charge in [-0.15, -0.1) is 0 Å². The number of hydrogen-bond donors (Lipinski definition) is 1. The van der Waals surface area contributed by atoms with E-state index in [9.17, 15) is 4.79 Å². The van der Waals surface area contributed by atoms with Gasteiger partial charge in [-0.1, -0.05) is 32.9 Å². The van der Waals surface area contributed by atoms with Gasteiger partial charge in [0, 0.05) is 18.0 Å². The van der Waals surface area contributed by atoms with Crippen molar-refractivity contribution in [2.45, 2.75) is 32.3 Å². The lowest BCUT2D eigenvalue weighted by atomic mass is 9.87. The number of aromatic nitrogens is 1. The van der Waals surface area contributed by atoms with Crippen molar-refractivity contribution in [3.05, 3.63) is 53.9 Å². The first-order valence-corrected chi connectivity index (χ1v) is 8.10. The molecule has 0 fully saturated rings. The highest BCUT2D eigenvalue weighted by atomic mass is 16.6. The number of fused-ring (bicyclic) bond motifs is 1. The normalized spacial score (nSPS) is 16.7. The average molecular weight is 339 g/mol. The minimum atomic E-state index is -0.742. The van der Waals surface area contributed by atoms with Crippen LogP contribution in [0.25, 0.3) is 0 Å². The van der Waals surface area contributed by atoms with E-state index in [1.54, 1.807) is 18.5 Å². The number of nitrogens with one attached hydrogen (secondary N) is 1. The van der Waals surface area contributed by atoms with Crippen LogP contribution in [0.4, 0.5) is 0 Å². The Morgan fingerprint density at radius 1 is 1.32 bits per heavy atom. The van der Waals surface area contributed by atoms with E-state index in [-0.39, 0.29) is 17.9 Å². The number of amides is 1. The predicted molar refractivity (Wildman–Crippen MR) is 95.0 cm³/mol. The quantitative estimate of drug-likeness (QED) is 0.689. The second kappa shape index (κ2) is 6.93. The SMILES string of the molecule is CC(C)(C)c1ccc2c(c1)O[C@H](C(=O)N/N=C\c1cccnc1)CO2. The van der Waals surface area contributed by atoms with E-state index in [1.807, 2.05) is 24.3 Å². The molecule has 0 radical (unpaired) electrons. The van der Waals surface area contributed by atoms with Crippen molar-refractivity contribution in [2.24, 2.45) is 5.10 Å². The van der Waals surface area contributed by atoms with Crippen LogP contribution in [0, 0.1) is 0 Å². The van der Waals surface area contributed by atoms with Gasteiger partial charge in [-0.3, -0.25) is 9.78 Å². The first kappa shape index (κ1) is 17.0. The van der Waals surface area contributed by atoms with E-state index in [4.69, 9.17) is 9.47 Å². The summed E-state index contributed by atoms with van der Waals surface area (Å²) in [6.45, 7) is 6.51. The third-order valence-corrected chi connectivity index (χ3v) is 3.83. The average Bonchev–Trinajstić information content (AvgIpc) is 2.61. The third-order valence-electron chi connectivity index (χ3n) is 3.83. The van der Waals surface area contributed by atoms with Crippen LogP contribution >= 0.6 is 0 Å². The number of nitrogens with zero attached hydrogens (tertiary/aromatic N) is 2. The first-order chi connectivity index (χ1) is 11.9. The van der Waals surface area contributed by atoms with Gasteiger partial charge in [0.05, 0.1) is 6.21 Å². The molecule has 1 N–H and O–H groups in total. The van der Waals surface area contributed by atoms with E-state index in [0.29, 0.717) is 11.5 Å². The van der Waals surface area contributed by atoms with Crippen LogP contribution < -0.4 is 14.9 Å². The Labute approximate surface area is 146 Å². The van der Waals surface area contributed by atoms with Crippen molar-refractivity contribution in [1.82, 2.24) is 10.4 Å². The van der Waals surface area contributed by atoms with Gasteiger partial charge in [-0.25, -0.2) is 5.43 Å². The third kappa shape index (κ3) is 4.15. The number of ether oxygens (including phenoxy) is 2. The molecule has 0 bridgehead atoms. The number of carbonyl (C=O) groups excluding carboxylic acids is 1. The van der Waals surface area contributed by atoms with Gasteiger partial charge in [0.25, 0.3) is 5.91 Å². The predicted octanol–water partition coefficient (Wildman–Crippen LogP) is 2.67. The zero-order valence-electron chi connectivity index (χ0n) is 14.5. The Hall–Kier alpha value is -2.89. The number of carbonyl (C=O) groups is 1. The van der Waals surface area contributed by atoms with Gasteiger partial charge in [0.15, 0.2) is 11.5 Å². The molecule has 0 saturated heterocycles. The molecular weight excluding hydrogens is 318 g/mol. The lowest BCUT2D eigenvalue weighted by Gasteiger charge is -2.27. The zero-order valence-corrected chi connectivity index (χ0v) is 14.5. The van der Waals surface area contributed by atoms with Crippen LogP contribution in [0.5, 0.6) is 11.5 Å². The standard InChI is InChI=1S/C19H21N3O3/c1-19(2,3)14-6-7-15-16(9-14)25-17(12-24-15)18(23)22-21-11-13-5-4-8-20-10-13/h4-11,17H,12H2,1-3H3,(H,22,23)/b21-11-/t17-/m0/s1. The summed E-state index contributed by atoms with van der Waals surface area (Å²) in [7, 11) is 0. The Kier molecular flexibility index (Phi) is 4.70. The second-order valence-electron chi connectivity index (χ2n) is 6.85. The summed E-state index contributed by atoms with van der Waals surface area (Å²) in [6, 6.07) is 9.46. The Morgan fingerprint density at radius 3 is 2.88 bits per heavy atom. The van der Waals surface area contributed by atoms with Crippen molar-refractivity contribution in [3.8, 4) is 11.5 Å². The van der Waals surface area contributed by atoms with E-state index in [0.717, 1.165) is 11.1 Å². The number of pyridine rings is 1. The molecule has 0 aliphatic carbocycles. The largest absolute Gasteiger partial charge is 0.485 e. The topological polar surface area (TPSA) is 72.8 Å². The summed E-state index contributed by atoms with van der Waals surface area (Å²) in [6.07, 6.45) is 4.11. The summed E-state index contributed by atoms with van der Waals surface area (Å²) >= 11 is 0. The van der Waals surface area contributed by atoms with Crippen molar-refractivity contribution >= 4 is 12.1 Å². The monoisotopic (exact) mass is 339 g/mol. The van der Waals surface area contributed by atoms with E-state index in [1.165, 1.54) is 6.21 Å². The molecule has 130 valence electrons. The van der Waals surface area contributed by atoms with Crippen molar-refractivity contribution < 1.29 is 14.3 Å². The highest BCUT2D eigenvalue weighted by Crippen LogP contribution is 2.36. The molecule has 0 spiro atoms. The lowest BCUT2D eigenvalue weighted by molar-refractivity contribution is -0.130. The highest BCUT2D eigenvalue weighted by Gasteiger charge is 2.28. The van der Waals surface area contributed by atoms with Crippen LogP contribution in [0.15, 0.2) is 47.8 Å². The minimum Gasteiger partial charge on any atom is -0.485 e. The molecule has 6 heteroatoms. The van der Waals surface area contributed by atoms with Crippen molar-refractivity contribution in [2.75, 3.05) is 6.61 Å². The molecule has 2 heterocycles. The molecule has 2 aromatic rings. The number of rotatable bonds is 3. The van der Waals surface area contributed by atoms with Gasteiger partial charge in [0.1, 0.15) is 6.61 Å². The van der Waals surface area contributed by atoms with Crippen LogP contribution in [0.1, 0.15) is 31.9 Å². The maximum atomic E-state index is 12.2. The van der Waals surface area contributed by atoms with E-state index in [2.05, 4.69) is 36.3 Å². The fourth-order valence-corrected chi connectivity index (χ4v) is 2.36. The summed E-state index contributed by atoms with van der Waals surface area (Å²) in [4.78, 5) is 16.2. The maximum absolute atomic E-state index is 12.2. The smallest absolute Gasteiger partial charge is 0.284 e. The summed E-state index contributed by atoms with van der Waals surface area (Å²) in [5, 5.41) is 3.93. The fourth-order valence-electron chi connectivity index (χ4n) is 2.36. The molecule has 1 aromatic carbocycles. The minimum absolute atomic E-state index is 0.0123. The number of benzene rings is 1. The molecular formula is C19H21N3O3. The molecule has 0 unspecified atom stereocenters. The molecule has 1 aromatic heterocycles. The molecule has 1 aliphatic rings. The van der Waals surface area contributed by atoms with E-state index < -0.39 is 6.10 Å². The molecule has 1 atom stereocenters. The number of hydrogen-bond acceptors (Lipinski definition) is 5. The van der Waals surface area contributed by atoms with E-state index >= 15 is 0 Å².